The van der Waals surface area contributed by atoms with E-state index in [-0.39, 0.29) is 17.9 Å². The number of carbonyl (C=O) groups excluding carboxylic acids is 1. The van der Waals surface area contributed by atoms with Gasteiger partial charge in [-0.25, -0.2) is 4.79 Å². The Morgan fingerprint density at radius 2 is 2.06 bits per heavy atom. The van der Waals surface area contributed by atoms with Crippen LogP contribution in [0, 0.1) is 11.8 Å². The fourth-order valence-electron chi connectivity index (χ4n) is 2.76. The van der Waals surface area contributed by atoms with Crippen LogP contribution < -0.4 is 5.73 Å². The van der Waals surface area contributed by atoms with E-state index in [1.165, 1.54) is 4.90 Å². The van der Waals surface area contributed by atoms with Gasteiger partial charge in [-0.3, -0.25) is 4.79 Å². The minimum Gasteiger partial charge on any atom is -0.480 e. The Hall–Kier alpha value is -1.36. The van der Waals surface area contributed by atoms with E-state index in [1.54, 1.807) is 0 Å². The van der Waals surface area contributed by atoms with Crippen LogP contribution in [0.2, 0.25) is 0 Å². The summed E-state index contributed by atoms with van der Waals surface area (Å²) in [7, 11) is 0. The number of amides is 1. The molecule has 0 spiro atoms. The number of nitrogens with zero attached hydrogens (tertiary/aromatic N) is 1. The number of hydrogen-bond acceptors (Lipinski definition) is 3. The van der Waals surface area contributed by atoms with Crippen molar-refractivity contribution in [2.75, 3.05) is 6.54 Å². The number of hydrogen-bond donors (Lipinski definition) is 2. The van der Waals surface area contributed by atoms with Crippen molar-refractivity contribution in [1.29, 1.82) is 0 Å². The highest BCUT2D eigenvalue weighted by atomic mass is 16.4. The third-order valence-electron chi connectivity index (χ3n) is 3.87. The average molecular weight is 252 g/mol. The fourth-order valence-corrected chi connectivity index (χ4v) is 2.76. The van der Waals surface area contributed by atoms with Crippen LogP contribution in [0.1, 0.15) is 26.2 Å². The summed E-state index contributed by atoms with van der Waals surface area (Å²) < 4.78 is 0. The summed E-state index contributed by atoms with van der Waals surface area (Å²) in [4.78, 5) is 25.1. The van der Waals surface area contributed by atoms with Crippen LogP contribution in [0.3, 0.4) is 0 Å². The van der Waals surface area contributed by atoms with Gasteiger partial charge in [-0.1, -0.05) is 19.1 Å². The largest absolute Gasteiger partial charge is 0.480 e. The SMILES string of the molecule is CC1CCN(C(=O)C2C=CC(N)C2)C(C(=O)O)C1. The summed E-state index contributed by atoms with van der Waals surface area (Å²) in [6.07, 6.45) is 5.65. The monoisotopic (exact) mass is 252 g/mol. The van der Waals surface area contributed by atoms with Gasteiger partial charge in [-0.2, -0.15) is 0 Å². The first-order valence-corrected chi connectivity index (χ1v) is 6.46. The van der Waals surface area contributed by atoms with Crippen molar-refractivity contribution < 1.29 is 14.7 Å². The molecule has 5 nitrogen and oxygen atoms in total. The predicted molar refractivity (Wildman–Crippen MR) is 66.8 cm³/mol. The minimum atomic E-state index is -0.902. The molecule has 1 amide bonds. The molecule has 0 aromatic carbocycles. The summed E-state index contributed by atoms with van der Waals surface area (Å²) in [5.74, 6) is -0.869. The zero-order chi connectivity index (χ0) is 13.3. The summed E-state index contributed by atoms with van der Waals surface area (Å²) in [6, 6.07) is -0.752. The summed E-state index contributed by atoms with van der Waals surface area (Å²) in [6.45, 7) is 2.57. The second-order valence-electron chi connectivity index (χ2n) is 5.41. The zero-order valence-electron chi connectivity index (χ0n) is 10.6. The van der Waals surface area contributed by atoms with E-state index >= 15 is 0 Å². The number of nitrogens with two attached hydrogens (primary N) is 1. The maximum absolute atomic E-state index is 12.3. The van der Waals surface area contributed by atoms with Crippen molar-refractivity contribution in [3.8, 4) is 0 Å². The molecule has 1 aliphatic heterocycles. The first kappa shape index (κ1) is 13.1. The van der Waals surface area contributed by atoms with Crippen molar-refractivity contribution in [1.82, 2.24) is 4.90 Å². The molecule has 2 aliphatic rings. The lowest BCUT2D eigenvalue weighted by Gasteiger charge is -2.37. The van der Waals surface area contributed by atoms with E-state index in [4.69, 9.17) is 5.73 Å². The molecule has 0 bridgehead atoms. The molecule has 3 N–H and O–H groups in total. The van der Waals surface area contributed by atoms with Gasteiger partial charge in [-0.05, 0) is 25.2 Å². The van der Waals surface area contributed by atoms with E-state index in [0.29, 0.717) is 25.3 Å². The van der Waals surface area contributed by atoms with Crippen molar-refractivity contribution in [3.63, 3.8) is 0 Å². The third-order valence-corrected chi connectivity index (χ3v) is 3.87. The van der Waals surface area contributed by atoms with Gasteiger partial charge < -0.3 is 15.7 Å². The van der Waals surface area contributed by atoms with Crippen LogP contribution in [0.15, 0.2) is 12.2 Å². The number of carboxylic acids is 1. The van der Waals surface area contributed by atoms with Crippen LogP contribution >= 0.6 is 0 Å². The number of carboxylic acid groups (broad SMARTS) is 1. The second kappa shape index (κ2) is 5.10. The molecule has 2 rings (SSSR count). The van der Waals surface area contributed by atoms with Gasteiger partial charge >= 0.3 is 5.97 Å². The smallest absolute Gasteiger partial charge is 0.326 e. The van der Waals surface area contributed by atoms with E-state index in [1.807, 2.05) is 19.1 Å². The highest BCUT2D eigenvalue weighted by molar-refractivity contribution is 5.86. The van der Waals surface area contributed by atoms with Gasteiger partial charge in [0.2, 0.25) is 5.91 Å². The number of aliphatic carboxylic acids is 1. The van der Waals surface area contributed by atoms with Gasteiger partial charge in [-0.15, -0.1) is 0 Å². The van der Waals surface area contributed by atoms with E-state index < -0.39 is 12.0 Å². The zero-order valence-corrected chi connectivity index (χ0v) is 10.6. The van der Waals surface area contributed by atoms with E-state index in [9.17, 15) is 14.7 Å². The van der Waals surface area contributed by atoms with Crippen LogP contribution in [-0.4, -0.2) is 40.5 Å². The molecule has 5 heteroatoms. The second-order valence-corrected chi connectivity index (χ2v) is 5.41. The topological polar surface area (TPSA) is 83.6 Å². The Morgan fingerprint density at radius 3 is 2.61 bits per heavy atom. The van der Waals surface area contributed by atoms with Crippen molar-refractivity contribution in [2.45, 2.75) is 38.3 Å². The van der Waals surface area contributed by atoms with Gasteiger partial charge in [0.15, 0.2) is 0 Å². The van der Waals surface area contributed by atoms with Crippen LogP contribution in [-0.2, 0) is 9.59 Å². The Morgan fingerprint density at radius 1 is 1.33 bits per heavy atom. The molecule has 1 saturated heterocycles. The number of piperidine rings is 1. The van der Waals surface area contributed by atoms with Crippen LogP contribution in [0.4, 0.5) is 0 Å². The molecule has 18 heavy (non-hydrogen) atoms. The molecule has 0 aromatic rings. The molecule has 1 aliphatic carbocycles. The quantitative estimate of drug-likeness (QED) is 0.705. The summed E-state index contributed by atoms with van der Waals surface area (Å²) in [5.41, 5.74) is 5.74. The first-order valence-electron chi connectivity index (χ1n) is 6.46. The Balaban J connectivity index is 2.08. The van der Waals surface area contributed by atoms with E-state index in [0.717, 1.165) is 6.42 Å². The number of likely N-dealkylation sites (tertiary alicyclic amines) is 1. The number of carbonyl (C=O) groups is 2. The maximum atomic E-state index is 12.3. The Kier molecular flexibility index (Phi) is 3.71. The lowest BCUT2D eigenvalue weighted by Crippen LogP contribution is -2.51. The molecule has 0 saturated carbocycles. The molecular weight excluding hydrogens is 232 g/mol. The molecule has 0 aromatic heterocycles. The van der Waals surface area contributed by atoms with Crippen molar-refractivity contribution in [3.05, 3.63) is 12.2 Å². The molecule has 4 atom stereocenters. The minimum absolute atomic E-state index is 0.0778. The molecule has 0 radical (unpaired) electrons. The Labute approximate surface area is 107 Å². The van der Waals surface area contributed by atoms with Crippen molar-refractivity contribution in [2.24, 2.45) is 17.6 Å². The van der Waals surface area contributed by atoms with Crippen LogP contribution in [0.5, 0.6) is 0 Å². The highest BCUT2D eigenvalue weighted by Gasteiger charge is 2.37. The third kappa shape index (κ3) is 2.56. The fraction of sp³-hybridized carbons (Fsp3) is 0.692. The summed E-state index contributed by atoms with van der Waals surface area (Å²) in [5, 5.41) is 9.23. The molecule has 1 heterocycles. The lowest BCUT2D eigenvalue weighted by molar-refractivity contribution is -0.154. The molecule has 4 unspecified atom stereocenters. The normalized spacial score (nSPS) is 35.8. The first-order chi connectivity index (χ1) is 8.49. The van der Waals surface area contributed by atoms with Gasteiger partial charge in [0.05, 0.1) is 5.92 Å². The highest BCUT2D eigenvalue weighted by Crippen LogP contribution is 2.27. The van der Waals surface area contributed by atoms with E-state index in [2.05, 4.69) is 0 Å². The maximum Gasteiger partial charge on any atom is 0.326 e. The lowest BCUT2D eigenvalue weighted by atomic mass is 9.91. The van der Waals surface area contributed by atoms with Crippen LogP contribution in [0.25, 0.3) is 0 Å². The van der Waals surface area contributed by atoms with Crippen molar-refractivity contribution >= 4 is 11.9 Å². The average Bonchev–Trinajstić information content (AvgIpc) is 2.75. The molecule has 1 fully saturated rings. The van der Waals surface area contributed by atoms with Gasteiger partial charge in [0, 0.05) is 12.6 Å². The standard InChI is InChI=1S/C13H20N2O3/c1-8-4-5-15(11(6-8)13(17)18)12(16)9-2-3-10(14)7-9/h2-3,8-11H,4-7,14H2,1H3,(H,17,18). The van der Waals surface area contributed by atoms with Gasteiger partial charge in [0.25, 0.3) is 0 Å². The predicted octanol–water partition coefficient (Wildman–Crippen LogP) is 0.601. The molecule has 100 valence electrons. The number of rotatable bonds is 2. The van der Waals surface area contributed by atoms with Gasteiger partial charge in [0.1, 0.15) is 6.04 Å². The Bertz CT molecular complexity index is 380. The summed E-state index contributed by atoms with van der Waals surface area (Å²) >= 11 is 0. The molecular formula is C13H20N2O3.